The van der Waals surface area contributed by atoms with E-state index in [1.54, 1.807) is 31.4 Å². The number of ether oxygens (including phenoxy) is 2. The third kappa shape index (κ3) is 7.12. The quantitative estimate of drug-likeness (QED) is 0.638. The van der Waals surface area contributed by atoms with Crippen molar-refractivity contribution in [2.45, 2.75) is 6.92 Å². The van der Waals surface area contributed by atoms with Gasteiger partial charge in [0.1, 0.15) is 5.75 Å². The molecule has 0 saturated heterocycles. The smallest absolute Gasteiger partial charge is 0.382 e. The second-order valence-electron chi connectivity index (χ2n) is 3.73. The summed E-state index contributed by atoms with van der Waals surface area (Å²) in [7, 11) is -2.50. The molecule has 0 saturated carbocycles. The highest BCUT2D eigenvalue weighted by Crippen LogP contribution is 2.14. The minimum atomic E-state index is -4.05. The molecule has 108 valence electrons. The van der Waals surface area contributed by atoms with E-state index in [2.05, 4.69) is 4.18 Å². The molecule has 1 aromatic rings. The van der Waals surface area contributed by atoms with Crippen molar-refractivity contribution in [2.24, 2.45) is 0 Å². The maximum Gasteiger partial charge on any atom is 0.449 e. The van der Waals surface area contributed by atoms with E-state index in [4.69, 9.17) is 13.7 Å². The van der Waals surface area contributed by atoms with Gasteiger partial charge < -0.3 is 13.7 Å². The second-order valence-corrected chi connectivity index (χ2v) is 4.95. The van der Waals surface area contributed by atoms with Crippen LogP contribution in [0.3, 0.4) is 0 Å². The van der Waals surface area contributed by atoms with Crippen molar-refractivity contribution in [3.8, 4) is 5.75 Å². The van der Waals surface area contributed by atoms with Crippen LogP contribution in [0.5, 0.6) is 5.75 Å². The molecule has 0 amide bonds. The summed E-state index contributed by atoms with van der Waals surface area (Å²) in [5.74, 6) is 0.214. The Balaban J connectivity index is 2.30. The lowest BCUT2D eigenvalue weighted by molar-refractivity contribution is 0.0537. The van der Waals surface area contributed by atoms with Gasteiger partial charge in [0.25, 0.3) is 0 Å². The van der Waals surface area contributed by atoms with E-state index in [1.165, 1.54) is 0 Å². The first-order valence-electron chi connectivity index (χ1n) is 5.76. The Morgan fingerprint density at radius 1 is 1.00 bits per heavy atom. The van der Waals surface area contributed by atoms with Gasteiger partial charge in [-0.3, -0.25) is 0 Å². The molecule has 0 unspecified atom stereocenters. The molecule has 0 radical (unpaired) electrons. The van der Waals surface area contributed by atoms with E-state index in [0.29, 0.717) is 13.2 Å². The first kappa shape index (κ1) is 15.9. The number of methoxy groups -OCH3 is 1. The van der Waals surface area contributed by atoms with Crippen molar-refractivity contribution in [1.82, 2.24) is 0 Å². The number of aryl methyl sites for hydroxylation is 1. The van der Waals surface area contributed by atoms with E-state index < -0.39 is 10.4 Å². The van der Waals surface area contributed by atoms with Gasteiger partial charge in [-0.1, -0.05) is 17.7 Å². The fourth-order valence-corrected chi connectivity index (χ4v) is 1.84. The third-order valence-corrected chi connectivity index (χ3v) is 2.96. The predicted octanol–water partition coefficient (Wildman–Crippen LogP) is 1.30. The van der Waals surface area contributed by atoms with Crippen LogP contribution in [0.1, 0.15) is 5.56 Å². The summed E-state index contributed by atoms with van der Waals surface area (Å²) in [6.07, 6.45) is 0. The van der Waals surface area contributed by atoms with Gasteiger partial charge in [0.15, 0.2) is 0 Å². The molecule has 0 fully saturated rings. The van der Waals surface area contributed by atoms with E-state index in [-0.39, 0.29) is 19.0 Å². The largest absolute Gasteiger partial charge is 0.449 e. The van der Waals surface area contributed by atoms with Crippen molar-refractivity contribution >= 4 is 10.4 Å². The Hall–Kier alpha value is -1.15. The molecule has 0 bridgehead atoms. The van der Waals surface area contributed by atoms with Crippen LogP contribution in [0.4, 0.5) is 0 Å². The van der Waals surface area contributed by atoms with Gasteiger partial charge in [-0.15, -0.1) is 0 Å². The zero-order valence-corrected chi connectivity index (χ0v) is 11.8. The summed E-state index contributed by atoms with van der Waals surface area (Å²) in [6.45, 7) is 2.79. The number of hydrogen-bond donors (Lipinski definition) is 0. The molecular formula is C12H18O6S. The summed E-state index contributed by atoms with van der Waals surface area (Å²) in [5, 5.41) is 0. The Labute approximate surface area is 113 Å². The highest BCUT2D eigenvalue weighted by Gasteiger charge is 2.13. The van der Waals surface area contributed by atoms with Gasteiger partial charge in [0, 0.05) is 7.11 Å². The van der Waals surface area contributed by atoms with Crippen LogP contribution in [0, 0.1) is 6.92 Å². The van der Waals surface area contributed by atoms with Gasteiger partial charge in [-0.05, 0) is 19.1 Å². The minimum absolute atomic E-state index is 0.0993. The summed E-state index contributed by atoms with van der Waals surface area (Å²) in [5.41, 5.74) is 1.01. The first-order chi connectivity index (χ1) is 9.03. The lowest BCUT2D eigenvalue weighted by Crippen LogP contribution is -2.17. The number of rotatable bonds is 9. The second kappa shape index (κ2) is 8.11. The molecule has 0 N–H and O–H groups in total. The van der Waals surface area contributed by atoms with E-state index in [0.717, 1.165) is 5.56 Å². The Kier molecular flexibility index (Phi) is 6.79. The van der Waals surface area contributed by atoms with Gasteiger partial charge in [0.05, 0.1) is 26.4 Å². The highest BCUT2D eigenvalue weighted by molar-refractivity contribution is 7.82. The standard InChI is InChI=1S/C12H18O6S/c1-11-3-5-12(6-4-11)18-19(13,14)17-10-9-16-8-7-15-2/h3-6H,7-10H2,1-2H3. The summed E-state index contributed by atoms with van der Waals surface area (Å²) < 4.78 is 42.1. The molecule has 7 heteroatoms. The third-order valence-electron chi connectivity index (χ3n) is 2.11. The Morgan fingerprint density at radius 3 is 2.26 bits per heavy atom. The van der Waals surface area contributed by atoms with Crippen LogP contribution in [-0.2, 0) is 24.1 Å². The number of benzene rings is 1. The average Bonchev–Trinajstić information content (AvgIpc) is 2.36. The molecule has 19 heavy (non-hydrogen) atoms. The number of hydrogen-bond acceptors (Lipinski definition) is 6. The van der Waals surface area contributed by atoms with Gasteiger partial charge >= 0.3 is 10.4 Å². The normalized spacial score (nSPS) is 11.5. The van der Waals surface area contributed by atoms with Crippen molar-refractivity contribution in [3.05, 3.63) is 29.8 Å². The minimum Gasteiger partial charge on any atom is -0.382 e. The van der Waals surface area contributed by atoms with E-state index in [9.17, 15) is 8.42 Å². The van der Waals surface area contributed by atoms with E-state index >= 15 is 0 Å². The van der Waals surface area contributed by atoms with Gasteiger partial charge in [-0.25, -0.2) is 4.18 Å². The summed E-state index contributed by atoms with van der Waals surface area (Å²) >= 11 is 0. The molecule has 1 aromatic carbocycles. The lowest BCUT2D eigenvalue weighted by atomic mass is 10.2. The van der Waals surface area contributed by atoms with Crippen LogP contribution < -0.4 is 4.18 Å². The fraction of sp³-hybridized carbons (Fsp3) is 0.500. The van der Waals surface area contributed by atoms with Crippen LogP contribution in [0.25, 0.3) is 0 Å². The molecule has 0 spiro atoms. The molecular weight excluding hydrogens is 272 g/mol. The van der Waals surface area contributed by atoms with Gasteiger partial charge in [0.2, 0.25) is 0 Å². The fourth-order valence-electron chi connectivity index (χ4n) is 1.18. The van der Waals surface area contributed by atoms with E-state index in [1.807, 2.05) is 6.92 Å². The molecule has 0 atom stereocenters. The van der Waals surface area contributed by atoms with Gasteiger partial charge in [-0.2, -0.15) is 8.42 Å². The lowest BCUT2D eigenvalue weighted by Gasteiger charge is -2.07. The van der Waals surface area contributed by atoms with Crippen molar-refractivity contribution in [3.63, 3.8) is 0 Å². The topological polar surface area (TPSA) is 71.1 Å². The van der Waals surface area contributed by atoms with Crippen LogP contribution in [0.2, 0.25) is 0 Å². The molecule has 0 heterocycles. The summed E-state index contributed by atoms with van der Waals surface area (Å²) in [6, 6.07) is 6.62. The Morgan fingerprint density at radius 2 is 1.63 bits per heavy atom. The zero-order valence-electron chi connectivity index (χ0n) is 11.0. The molecule has 0 aromatic heterocycles. The van der Waals surface area contributed by atoms with Crippen LogP contribution in [-0.4, -0.2) is 42.0 Å². The van der Waals surface area contributed by atoms with Crippen molar-refractivity contribution in [1.29, 1.82) is 0 Å². The molecule has 0 aliphatic carbocycles. The van der Waals surface area contributed by atoms with Crippen molar-refractivity contribution < 1.29 is 26.3 Å². The van der Waals surface area contributed by atoms with Crippen LogP contribution >= 0.6 is 0 Å². The molecule has 6 nitrogen and oxygen atoms in total. The average molecular weight is 290 g/mol. The predicted molar refractivity (Wildman–Crippen MR) is 69.4 cm³/mol. The maximum absolute atomic E-state index is 11.4. The first-order valence-corrected chi connectivity index (χ1v) is 7.09. The SMILES string of the molecule is COCCOCCOS(=O)(=O)Oc1ccc(C)cc1. The Bertz CT molecular complexity index is 454. The molecule has 1 rings (SSSR count). The van der Waals surface area contributed by atoms with Crippen molar-refractivity contribution in [2.75, 3.05) is 33.5 Å². The zero-order chi connectivity index (χ0) is 14.1. The monoisotopic (exact) mass is 290 g/mol. The highest BCUT2D eigenvalue weighted by atomic mass is 32.3. The maximum atomic E-state index is 11.4. The van der Waals surface area contributed by atoms with Crippen LogP contribution in [0.15, 0.2) is 24.3 Å². The summed E-state index contributed by atoms with van der Waals surface area (Å²) in [4.78, 5) is 0. The molecule has 0 aliphatic rings. The molecule has 0 aliphatic heterocycles.